The Hall–Kier alpha value is -1.42. The highest BCUT2D eigenvalue weighted by Crippen LogP contribution is 2.28. The molecular weight excluding hydrogens is 224 g/mol. The lowest BCUT2D eigenvalue weighted by molar-refractivity contribution is -0.137. The summed E-state index contributed by atoms with van der Waals surface area (Å²) in [6, 6.07) is 7.73. The van der Waals surface area contributed by atoms with Gasteiger partial charge in [0.2, 0.25) is 0 Å². The Kier molecular flexibility index (Phi) is 5.50. The van der Waals surface area contributed by atoms with Crippen molar-refractivity contribution in [1.29, 1.82) is 0 Å². The lowest BCUT2D eigenvalue weighted by atomic mass is 10.3. The predicted octanol–water partition coefficient (Wildman–Crippen LogP) is 2.52. The maximum atomic E-state index is 10.8. The van der Waals surface area contributed by atoms with Crippen LogP contribution in [0, 0.1) is 0 Å². The van der Waals surface area contributed by atoms with Crippen LogP contribution in [0.15, 0.2) is 41.8 Å². The molecule has 0 fully saturated rings. The van der Waals surface area contributed by atoms with Crippen LogP contribution in [0.3, 0.4) is 0 Å². The molecule has 16 heavy (non-hydrogen) atoms. The van der Waals surface area contributed by atoms with Gasteiger partial charge in [0.15, 0.2) is 0 Å². The number of hydrogen-bond acceptors (Lipinski definition) is 4. The summed E-state index contributed by atoms with van der Waals surface area (Å²) in [5.41, 5.74) is 0. The van der Waals surface area contributed by atoms with E-state index in [2.05, 4.69) is 6.58 Å². The second-order valence-corrected chi connectivity index (χ2v) is 4.01. The van der Waals surface area contributed by atoms with Gasteiger partial charge in [-0.2, -0.15) is 0 Å². The summed E-state index contributed by atoms with van der Waals surface area (Å²) in [6.07, 6.45) is 1.16. The van der Waals surface area contributed by atoms with E-state index in [1.165, 1.54) is 0 Å². The molecule has 0 saturated heterocycles. The summed E-state index contributed by atoms with van der Waals surface area (Å²) < 4.78 is 10.1. The van der Waals surface area contributed by atoms with Crippen LogP contribution >= 0.6 is 11.8 Å². The lowest BCUT2D eigenvalue weighted by Crippen LogP contribution is -2.03. The molecule has 0 heterocycles. The van der Waals surface area contributed by atoms with E-state index in [-0.39, 0.29) is 5.97 Å². The molecule has 1 rings (SSSR count). The average molecular weight is 238 g/mol. The van der Waals surface area contributed by atoms with Crippen LogP contribution in [0.4, 0.5) is 0 Å². The number of carbonyl (C=O) groups excluding carboxylic acids is 1. The second-order valence-electron chi connectivity index (χ2n) is 2.87. The molecular formula is C12H14O3S. The van der Waals surface area contributed by atoms with E-state index in [9.17, 15) is 4.79 Å². The van der Waals surface area contributed by atoms with Crippen molar-refractivity contribution in [3.05, 3.63) is 36.9 Å². The van der Waals surface area contributed by atoms with Crippen LogP contribution in [0.5, 0.6) is 5.75 Å². The van der Waals surface area contributed by atoms with Crippen molar-refractivity contribution < 1.29 is 14.3 Å². The lowest BCUT2D eigenvalue weighted by Gasteiger charge is -2.07. The largest absolute Gasteiger partial charge is 0.496 e. The molecule has 0 amide bonds. The fraction of sp³-hybridized carbons (Fsp3) is 0.250. The zero-order valence-electron chi connectivity index (χ0n) is 9.14. The van der Waals surface area contributed by atoms with Crippen molar-refractivity contribution in [3.8, 4) is 5.75 Å². The van der Waals surface area contributed by atoms with Crippen LogP contribution in [0.2, 0.25) is 0 Å². The van der Waals surface area contributed by atoms with Gasteiger partial charge in [-0.15, -0.1) is 11.8 Å². The zero-order valence-corrected chi connectivity index (χ0v) is 9.96. The van der Waals surface area contributed by atoms with Crippen LogP contribution in [-0.2, 0) is 9.53 Å². The zero-order chi connectivity index (χ0) is 11.8. The van der Waals surface area contributed by atoms with E-state index in [1.807, 2.05) is 24.3 Å². The van der Waals surface area contributed by atoms with Crippen molar-refractivity contribution in [2.75, 3.05) is 19.5 Å². The summed E-state index contributed by atoms with van der Waals surface area (Å²) in [5.74, 6) is 1.14. The average Bonchev–Trinajstić information content (AvgIpc) is 2.34. The third-order valence-corrected chi connectivity index (χ3v) is 2.84. The van der Waals surface area contributed by atoms with Gasteiger partial charge in [-0.25, -0.2) is 4.79 Å². The first-order valence-electron chi connectivity index (χ1n) is 4.83. The van der Waals surface area contributed by atoms with Gasteiger partial charge in [0.1, 0.15) is 12.4 Å². The quantitative estimate of drug-likeness (QED) is 0.330. The molecule has 0 aliphatic carbocycles. The molecule has 1 aromatic rings. The third-order valence-electron chi connectivity index (χ3n) is 1.82. The minimum Gasteiger partial charge on any atom is -0.496 e. The maximum absolute atomic E-state index is 10.8. The van der Waals surface area contributed by atoms with E-state index < -0.39 is 0 Å². The minimum absolute atomic E-state index is 0.369. The van der Waals surface area contributed by atoms with Gasteiger partial charge in [-0.3, -0.25) is 0 Å². The highest BCUT2D eigenvalue weighted by molar-refractivity contribution is 7.99. The molecule has 0 radical (unpaired) electrons. The molecule has 0 spiro atoms. The first-order valence-corrected chi connectivity index (χ1v) is 5.81. The summed E-state index contributed by atoms with van der Waals surface area (Å²) in [4.78, 5) is 11.8. The first-order chi connectivity index (χ1) is 7.77. The number of hydrogen-bond donors (Lipinski definition) is 0. The Morgan fingerprint density at radius 2 is 2.25 bits per heavy atom. The third kappa shape index (κ3) is 3.98. The molecule has 0 bridgehead atoms. The molecule has 0 N–H and O–H groups in total. The van der Waals surface area contributed by atoms with Gasteiger partial charge < -0.3 is 9.47 Å². The minimum atomic E-state index is -0.388. The highest BCUT2D eigenvalue weighted by atomic mass is 32.2. The molecule has 0 unspecified atom stereocenters. The SMILES string of the molecule is C=CC(=O)OCCSc1ccccc1OC. The van der Waals surface area contributed by atoms with Gasteiger partial charge in [0, 0.05) is 16.7 Å². The number of ether oxygens (including phenoxy) is 2. The number of para-hydroxylation sites is 1. The van der Waals surface area contributed by atoms with Crippen molar-refractivity contribution in [2.24, 2.45) is 0 Å². The van der Waals surface area contributed by atoms with Gasteiger partial charge in [-0.05, 0) is 12.1 Å². The van der Waals surface area contributed by atoms with E-state index in [1.54, 1.807) is 18.9 Å². The predicted molar refractivity (Wildman–Crippen MR) is 64.9 cm³/mol. The Balaban J connectivity index is 2.37. The number of thioether (sulfide) groups is 1. The second kappa shape index (κ2) is 6.95. The molecule has 3 nitrogen and oxygen atoms in total. The molecule has 86 valence electrons. The summed E-state index contributed by atoms with van der Waals surface area (Å²) >= 11 is 1.59. The maximum Gasteiger partial charge on any atom is 0.330 e. The topological polar surface area (TPSA) is 35.5 Å². The van der Waals surface area contributed by atoms with Gasteiger partial charge in [0.25, 0.3) is 0 Å². The first kappa shape index (κ1) is 12.6. The fourth-order valence-corrected chi connectivity index (χ4v) is 1.95. The van der Waals surface area contributed by atoms with Gasteiger partial charge >= 0.3 is 5.97 Å². The Morgan fingerprint density at radius 3 is 2.94 bits per heavy atom. The number of rotatable bonds is 6. The molecule has 0 aromatic heterocycles. The van der Waals surface area contributed by atoms with E-state index in [0.29, 0.717) is 12.4 Å². The smallest absolute Gasteiger partial charge is 0.330 e. The number of carbonyl (C=O) groups is 1. The van der Waals surface area contributed by atoms with Crippen molar-refractivity contribution >= 4 is 17.7 Å². The van der Waals surface area contributed by atoms with Crippen LogP contribution in [0.25, 0.3) is 0 Å². The molecule has 4 heteroatoms. The van der Waals surface area contributed by atoms with Crippen molar-refractivity contribution in [1.82, 2.24) is 0 Å². The van der Waals surface area contributed by atoms with E-state index in [4.69, 9.17) is 9.47 Å². The number of methoxy groups -OCH3 is 1. The van der Waals surface area contributed by atoms with E-state index >= 15 is 0 Å². The van der Waals surface area contributed by atoms with Crippen molar-refractivity contribution in [2.45, 2.75) is 4.90 Å². The van der Waals surface area contributed by atoms with Gasteiger partial charge in [-0.1, -0.05) is 18.7 Å². The number of benzene rings is 1. The standard InChI is InChI=1S/C12H14O3S/c1-3-12(13)15-8-9-16-11-7-5-4-6-10(11)14-2/h3-7H,1,8-9H2,2H3. The van der Waals surface area contributed by atoms with Crippen LogP contribution < -0.4 is 4.74 Å². The summed E-state index contributed by atoms with van der Waals surface area (Å²) in [7, 11) is 1.64. The van der Waals surface area contributed by atoms with E-state index in [0.717, 1.165) is 16.7 Å². The molecule has 0 aliphatic heterocycles. The molecule has 0 atom stereocenters. The van der Waals surface area contributed by atoms with Crippen LogP contribution in [-0.4, -0.2) is 25.4 Å². The van der Waals surface area contributed by atoms with Crippen molar-refractivity contribution in [3.63, 3.8) is 0 Å². The highest BCUT2D eigenvalue weighted by Gasteiger charge is 2.02. The molecule has 0 aliphatic rings. The normalized spacial score (nSPS) is 9.56. The van der Waals surface area contributed by atoms with Gasteiger partial charge in [0.05, 0.1) is 7.11 Å². The van der Waals surface area contributed by atoms with Crippen LogP contribution in [0.1, 0.15) is 0 Å². The Labute approximate surface area is 99.4 Å². The molecule has 1 aromatic carbocycles. The Bertz CT molecular complexity index is 363. The molecule has 0 saturated carbocycles. The summed E-state index contributed by atoms with van der Waals surface area (Å²) in [6.45, 7) is 3.69. The number of esters is 1. The summed E-state index contributed by atoms with van der Waals surface area (Å²) in [5, 5.41) is 0. The monoisotopic (exact) mass is 238 g/mol. The fourth-order valence-electron chi connectivity index (χ4n) is 1.09. The Morgan fingerprint density at radius 1 is 1.50 bits per heavy atom.